The van der Waals surface area contributed by atoms with Crippen LogP contribution in [0.1, 0.15) is 5.56 Å². The number of aryl methyl sites for hydroxylation is 1. The minimum Gasteiger partial charge on any atom is -0.472 e. The van der Waals surface area contributed by atoms with Crippen molar-refractivity contribution < 1.29 is 4.42 Å². The van der Waals surface area contributed by atoms with Crippen molar-refractivity contribution in [1.82, 2.24) is 9.97 Å². The number of H-pyrrole nitrogens is 1. The maximum atomic E-state index is 11.9. The maximum Gasteiger partial charge on any atom is 0.259 e. The molecule has 84 valence electrons. The Kier molecular flexibility index (Phi) is 2.08. The Bertz CT molecular complexity index is 727. The third-order valence-electron chi connectivity index (χ3n) is 2.66. The number of hydrogen-bond acceptors (Lipinski definition) is 3. The SMILES string of the molecule is Cc1ccc2nc(-c3ccoc3)[nH]c(=O)c2c1. The molecule has 0 saturated heterocycles. The minimum atomic E-state index is -0.130. The fourth-order valence-corrected chi connectivity index (χ4v) is 1.79. The first kappa shape index (κ1) is 9.84. The number of aromatic nitrogens is 2. The molecular formula is C13H10N2O2. The highest BCUT2D eigenvalue weighted by Crippen LogP contribution is 2.16. The highest BCUT2D eigenvalue weighted by molar-refractivity contribution is 5.79. The number of fused-ring (bicyclic) bond motifs is 1. The molecule has 0 amide bonds. The van der Waals surface area contributed by atoms with Crippen LogP contribution in [0.5, 0.6) is 0 Å². The molecule has 3 aromatic rings. The smallest absolute Gasteiger partial charge is 0.259 e. The summed E-state index contributed by atoms with van der Waals surface area (Å²) in [5.74, 6) is 0.528. The van der Waals surface area contributed by atoms with Crippen LogP contribution in [0.15, 0.2) is 46.0 Å². The molecule has 0 saturated carbocycles. The van der Waals surface area contributed by atoms with Gasteiger partial charge in [-0.3, -0.25) is 4.79 Å². The first-order valence-electron chi connectivity index (χ1n) is 5.27. The normalized spacial score (nSPS) is 10.9. The van der Waals surface area contributed by atoms with Gasteiger partial charge in [-0.1, -0.05) is 11.6 Å². The van der Waals surface area contributed by atoms with Gasteiger partial charge in [0.2, 0.25) is 0 Å². The Morgan fingerprint density at radius 1 is 1.29 bits per heavy atom. The van der Waals surface area contributed by atoms with Gasteiger partial charge < -0.3 is 9.40 Å². The van der Waals surface area contributed by atoms with Crippen molar-refractivity contribution in [2.45, 2.75) is 6.92 Å². The molecule has 3 rings (SSSR count). The van der Waals surface area contributed by atoms with Crippen molar-refractivity contribution in [3.8, 4) is 11.4 Å². The lowest BCUT2D eigenvalue weighted by Gasteiger charge is -2.01. The van der Waals surface area contributed by atoms with Crippen molar-refractivity contribution in [2.75, 3.05) is 0 Å². The summed E-state index contributed by atoms with van der Waals surface area (Å²) in [6, 6.07) is 7.38. The molecule has 0 bridgehead atoms. The van der Waals surface area contributed by atoms with Crippen molar-refractivity contribution in [1.29, 1.82) is 0 Å². The second-order valence-electron chi connectivity index (χ2n) is 3.95. The number of hydrogen-bond donors (Lipinski definition) is 1. The predicted octanol–water partition coefficient (Wildman–Crippen LogP) is 2.49. The zero-order valence-electron chi connectivity index (χ0n) is 9.23. The van der Waals surface area contributed by atoms with Crippen LogP contribution in [-0.2, 0) is 0 Å². The van der Waals surface area contributed by atoms with Crippen LogP contribution in [0.3, 0.4) is 0 Å². The van der Waals surface area contributed by atoms with E-state index in [1.54, 1.807) is 18.6 Å². The van der Waals surface area contributed by atoms with Crippen LogP contribution in [0, 0.1) is 6.92 Å². The summed E-state index contributed by atoms with van der Waals surface area (Å²) in [6.07, 6.45) is 3.10. The Morgan fingerprint density at radius 3 is 2.94 bits per heavy atom. The molecule has 1 aromatic carbocycles. The van der Waals surface area contributed by atoms with E-state index in [2.05, 4.69) is 9.97 Å². The van der Waals surface area contributed by atoms with E-state index in [-0.39, 0.29) is 5.56 Å². The maximum absolute atomic E-state index is 11.9. The largest absolute Gasteiger partial charge is 0.472 e. The lowest BCUT2D eigenvalue weighted by molar-refractivity contribution is 0.568. The topological polar surface area (TPSA) is 58.9 Å². The number of nitrogens with zero attached hydrogens (tertiary/aromatic N) is 1. The van der Waals surface area contributed by atoms with Gasteiger partial charge in [0, 0.05) is 0 Å². The van der Waals surface area contributed by atoms with E-state index in [0.717, 1.165) is 11.1 Å². The van der Waals surface area contributed by atoms with Crippen LogP contribution in [0.2, 0.25) is 0 Å². The van der Waals surface area contributed by atoms with Crippen molar-refractivity contribution in [3.05, 3.63) is 52.7 Å². The second-order valence-corrected chi connectivity index (χ2v) is 3.95. The van der Waals surface area contributed by atoms with Gasteiger partial charge in [0.05, 0.1) is 22.7 Å². The number of benzene rings is 1. The zero-order valence-corrected chi connectivity index (χ0v) is 9.23. The van der Waals surface area contributed by atoms with Gasteiger partial charge in [-0.2, -0.15) is 0 Å². The molecule has 4 nitrogen and oxygen atoms in total. The third-order valence-corrected chi connectivity index (χ3v) is 2.66. The molecule has 2 heterocycles. The molecule has 0 atom stereocenters. The van der Waals surface area contributed by atoms with Gasteiger partial charge in [0.1, 0.15) is 12.1 Å². The average molecular weight is 226 g/mol. The van der Waals surface area contributed by atoms with Crippen LogP contribution < -0.4 is 5.56 Å². The van der Waals surface area contributed by atoms with Gasteiger partial charge in [-0.25, -0.2) is 4.98 Å². The highest BCUT2D eigenvalue weighted by Gasteiger charge is 2.06. The Morgan fingerprint density at radius 2 is 2.18 bits per heavy atom. The zero-order chi connectivity index (χ0) is 11.8. The fourth-order valence-electron chi connectivity index (χ4n) is 1.79. The second kappa shape index (κ2) is 3.59. The molecule has 0 spiro atoms. The van der Waals surface area contributed by atoms with Crippen LogP contribution in [0.4, 0.5) is 0 Å². The Balaban J connectivity index is 2.32. The monoisotopic (exact) mass is 226 g/mol. The number of furan rings is 1. The van der Waals surface area contributed by atoms with Crippen LogP contribution >= 0.6 is 0 Å². The van der Waals surface area contributed by atoms with E-state index in [9.17, 15) is 4.79 Å². The van der Waals surface area contributed by atoms with Gasteiger partial charge in [-0.05, 0) is 25.1 Å². The Hall–Kier alpha value is -2.36. The molecule has 2 aromatic heterocycles. The average Bonchev–Trinajstić information content (AvgIpc) is 2.83. The molecule has 1 N–H and O–H groups in total. The van der Waals surface area contributed by atoms with E-state index in [1.165, 1.54) is 0 Å². The summed E-state index contributed by atoms with van der Waals surface area (Å²) in [7, 11) is 0. The van der Waals surface area contributed by atoms with E-state index in [1.807, 2.05) is 25.1 Å². The van der Waals surface area contributed by atoms with Crippen LogP contribution in [-0.4, -0.2) is 9.97 Å². The van der Waals surface area contributed by atoms with Gasteiger partial charge in [0.15, 0.2) is 0 Å². The summed E-state index contributed by atoms with van der Waals surface area (Å²) in [6.45, 7) is 1.95. The first-order valence-corrected chi connectivity index (χ1v) is 5.27. The predicted molar refractivity (Wildman–Crippen MR) is 64.8 cm³/mol. The first-order chi connectivity index (χ1) is 8.24. The molecule has 17 heavy (non-hydrogen) atoms. The van der Waals surface area contributed by atoms with E-state index >= 15 is 0 Å². The summed E-state index contributed by atoms with van der Waals surface area (Å²) in [5.41, 5.74) is 2.37. The summed E-state index contributed by atoms with van der Waals surface area (Å²) >= 11 is 0. The lowest BCUT2D eigenvalue weighted by atomic mass is 10.1. The molecule has 4 heteroatoms. The molecule has 0 aliphatic heterocycles. The van der Waals surface area contributed by atoms with Gasteiger partial charge in [-0.15, -0.1) is 0 Å². The number of aromatic amines is 1. The standard InChI is InChI=1S/C13H10N2O2/c1-8-2-3-11-10(6-8)13(16)15-12(14-11)9-4-5-17-7-9/h2-7H,1H3,(H,14,15,16). The van der Waals surface area contributed by atoms with Crippen molar-refractivity contribution >= 4 is 10.9 Å². The fraction of sp³-hybridized carbons (Fsp3) is 0.0769. The number of nitrogens with one attached hydrogen (secondary N) is 1. The lowest BCUT2D eigenvalue weighted by Crippen LogP contribution is -2.09. The van der Waals surface area contributed by atoms with Crippen molar-refractivity contribution in [2.24, 2.45) is 0 Å². The molecule has 0 aliphatic rings. The van der Waals surface area contributed by atoms with Gasteiger partial charge in [0.25, 0.3) is 5.56 Å². The number of rotatable bonds is 1. The van der Waals surface area contributed by atoms with E-state index < -0.39 is 0 Å². The summed E-state index contributed by atoms with van der Waals surface area (Å²) < 4.78 is 4.98. The summed E-state index contributed by atoms with van der Waals surface area (Å²) in [4.78, 5) is 19.1. The molecular weight excluding hydrogens is 216 g/mol. The quantitative estimate of drug-likeness (QED) is 0.693. The van der Waals surface area contributed by atoms with E-state index in [4.69, 9.17) is 4.42 Å². The molecule has 0 radical (unpaired) electrons. The third kappa shape index (κ3) is 1.63. The van der Waals surface area contributed by atoms with Crippen LogP contribution in [0.25, 0.3) is 22.3 Å². The Labute approximate surface area is 96.9 Å². The molecule has 0 aliphatic carbocycles. The molecule has 0 fully saturated rings. The van der Waals surface area contributed by atoms with E-state index in [0.29, 0.717) is 16.7 Å². The van der Waals surface area contributed by atoms with Gasteiger partial charge >= 0.3 is 0 Å². The van der Waals surface area contributed by atoms with Crippen molar-refractivity contribution in [3.63, 3.8) is 0 Å². The molecule has 0 unspecified atom stereocenters. The highest BCUT2D eigenvalue weighted by atomic mass is 16.3. The summed E-state index contributed by atoms with van der Waals surface area (Å²) in [5, 5.41) is 0.609. The minimum absolute atomic E-state index is 0.130.